The maximum Gasteiger partial charge on any atom is 0.306 e. The van der Waals surface area contributed by atoms with Crippen LogP contribution in [0.25, 0.3) is 0 Å². The molecular weight excluding hydrogens is 681 g/mol. The van der Waals surface area contributed by atoms with E-state index in [-0.39, 0.29) is 34.9 Å². The minimum atomic E-state index is -2.93. The summed E-state index contributed by atoms with van der Waals surface area (Å²) in [4.78, 5) is 29.6. The molecule has 4 aromatic carbocycles. The van der Waals surface area contributed by atoms with Crippen LogP contribution in [0.2, 0.25) is 15.1 Å². The van der Waals surface area contributed by atoms with Gasteiger partial charge in [-0.25, -0.2) is 0 Å². The zero-order chi connectivity index (χ0) is 35.8. The fourth-order valence-corrected chi connectivity index (χ4v) is 13.5. The number of amides is 1. The molecule has 5 nitrogen and oxygen atoms in total. The lowest BCUT2D eigenvalue weighted by Crippen LogP contribution is -2.68. The van der Waals surface area contributed by atoms with E-state index in [4.69, 9.17) is 27.6 Å². The number of hydrogen-bond donors (Lipinski definition) is 1. The number of nitrogens with zero attached hydrogens (tertiary/aromatic N) is 1. The van der Waals surface area contributed by atoms with Crippen molar-refractivity contribution in [3.63, 3.8) is 0 Å². The Hall–Kier alpha value is -3.42. The minimum absolute atomic E-state index is 0.0117. The molecule has 262 valence electrons. The first kappa shape index (κ1) is 36.4. The first-order valence-corrected chi connectivity index (χ1v) is 20.3. The minimum Gasteiger partial charge on any atom is -0.481 e. The third kappa shape index (κ3) is 6.68. The van der Waals surface area contributed by atoms with Crippen molar-refractivity contribution in [1.82, 2.24) is 4.90 Å². The predicted octanol–water partition coefficient (Wildman–Crippen LogP) is 9.13. The van der Waals surface area contributed by atoms with E-state index in [0.29, 0.717) is 35.9 Å². The van der Waals surface area contributed by atoms with E-state index in [1.807, 2.05) is 61.5 Å². The van der Waals surface area contributed by atoms with E-state index in [2.05, 4.69) is 87.2 Å². The van der Waals surface area contributed by atoms with E-state index in [0.717, 1.165) is 11.1 Å². The number of carboxylic acid groups (broad SMARTS) is 1. The number of piperidine rings is 1. The average Bonchev–Trinajstić information content (AvgIpc) is 3.92. The molecule has 4 aromatic rings. The van der Waals surface area contributed by atoms with E-state index >= 15 is 4.79 Å². The largest absolute Gasteiger partial charge is 0.481 e. The highest BCUT2D eigenvalue weighted by Crippen LogP contribution is 2.61. The zero-order valence-corrected chi connectivity index (χ0v) is 32.0. The van der Waals surface area contributed by atoms with Crippen LogP contribution in [-0.4, -0.2) is 42.8 Å². The van der Waals surface area contributed by atoms with E-state index in [9.17, 15) is 9.90 Å². The summed E-state index contributed by atoms with van der Waals surface area (Å²) in [5.41, 5.74) is 1.12. The van der Waals surface area contributed by atoms with Gasteiger partial charge in [0.15, 0.2) is 0 Å². The number of carboxylic acids is 1. The second-order valence-corrected chi connectivity index (χ2v) is 20.5. The number of benzene rings is 4. The third-order valence-electron chi connectivity index (χ3n) is 11.2. The number of aliphatic carboxylic acids is 1. The van der Waals surface area contributed by atoms with Crippen molar-refractivity contribution in [2.45, 2.75) is 76.9 Å². The molecule has 1 amide bonds. The monoisotopic (exact) mass is 727 g/mol. The number of likely N-dealkylation sites (tertiary alicyclic amines) is 1. The van der Waals surface area contributed by atoms with Gasteiger partial charge in [0.1, 0.15) is 0 Å². The topological polar surface area (TPSA) is 66.8 Å². The van der Waals surface area contributed by atoms with Crippen molar-refractivity contribution in [3.05, 3.63) is 130 Å². The van der Waals surface area contributed by atoms with Crippen LogP contribution in [0.1, 0.15) is 77.0 Å². The summed E-state index contributed by atoms with van der Waals surface area (Å²) in [6.07, 6.45) is 1.66. The van der Waals surface area contributed by atoms with Crippen molar-refractivity contribution in [2.24, 2.45) is 17.3 Å². The summed E-state index contributed by atoms with van der Waals surface area (Å²) >= 11 is 13.0. The summed E-state index contributed by atoms with van der Waals surface area (Å²) in [6, 6.07) is 36.1. The Bertz CT molecular complexity index is 1770. The fraction of sp³-hybridized carbons (Fsp3) is 0.381. The Morgan fingerprint density at radius 2 is 1.50 bits per heavy atom. The average molecular weight is 729 g/mol. The van der Waals surface area contributed by atoms with Crippen LogP contribution in [0, 0.1) is 17.3 Å². The van der Waals surface area contributed by atoms with Crippen LogP contribution in [0.4, 0.5) is 0 Å². The van der Waals surface area contributed by atoms with Gasteiger partial charge in [-0.1, -0.05) is 143 Å². The van der Waals surface area contributed by atoms with Gasteiger partial charge in [-0.2, -0.15) is 0 Å². The zero-order valence-electron chi connectivity index (χ0n) is 29.5. The van der Waals surface area contributed by atoms with Crippen molar-refractivity contribution in [3.8, 4) is 0 Å². The molecule has 1 aliphatic heterocycles. The Balaban J connectivity index is 1.50. The predicted molar refractivity (Wildman–Crippen MR) is 205 cm³/mol. The highest BCUT2D eigenvalue weighted by molar-refractivity contribution is 6.99. The van der Waals surface area contributed by atoms with Crippen LogP contribution in [0.5, 0.6) is 0 Å². The van der Waals surface area contributed by atoms with Gasteiger partial charge in [0.25, 0.3) is 8.32 Å². The molecule has 50 heavy (non-hydrogen) atoms. The second-order valence-electron chi connectivity index (χ2n) is 15.3. The van der Waals surface area contributed by atoms with E-state index < -0.39 is 25.6 Å². The molecule has 2 aliphatic rings. The summed E-state index contributed by atoms with van der Waals surface area (Å²) in [7, 11) is -2.93. The Kier molecular flexibility index (Phi) is 10.4. The highest BCUT2D eigenvalue weighted by atomic mass is 35.5. The van der Waals surface area contributed by atoms with Crippen LogP contribution in [-0.2, 0) is 14.0 Å². The lowest BCUT2D eigenvalue weighted by molar-refractivity contribution is -0.158. The van der Waals surface area contributed by atoms with Gasteiger partial charge in [-0.05, 0) is 76.0 Å². The van der Waals surface area contributed by atoms with Gasteiger partial charge < -0.3 is 14.4 Å². The van der Waals surface area contributed by atoms with Crippen LogP contribution >= 0.6 is 23.2 Å². The molecule has 1 heterocycles. The van der Waals surface area contributed by atoms with Crippen LogP contribution in [0.15, 0.2) is 109 Å². The second kappa shape index (κ2) is 14.3. The number of halogens is 2. The first-order chi connectivity index (χ1) is 23.8. The molecule has 0 aromatic heterocycles. The molecule has 0 radical (unpaired) electrons. The Labute approximate surface area is 307 Å². The highest BCUT2D eigenvalue weighted by Gasteiger charge is 2.63. The quantitative estimate of drug-likeness (QED) is 0.157. The molecule has 8 heteroatoms. The molecule has 2 fully saturated rings. The van der Waals surface area contributed by atoms with E-state index in [1.165, 1.54) is 10.4 Å². The molecule has 1 saturated heterocycles. The van der Waals surface area contributed by atoms with Crippen molar-refractivity contribution in [1.29, 1.82) is 0 Å². The maximum absolute atomic E-state index is 15.3. The number of hydrogen-bond acceptors (Lipinski definition) is 3. The van der Waals surface area contributed by atoms with Crippen molar-refractivity contribution < 1.29 is 19.1 Å². The molecule has 6 rings (SSSR count). The normalized spacial score (nSPS) is 24.5. The number of rotatable bonds is 11. The number of carbonyl (C=O) groups excluding carboxylic acids is 1. The molecule has 0 spiro atoms. The third-order valence-corrected chi connectivity index (χ3v) is 16.7. The summed E-state index contributed by atoms with van der Waals surface area (Å²) in [5.74, 6) is -1.78. The SMILES string of the molecule is CCC(CO[Si](c1ccccc1)(c1ccccc1)C(C)(C)C)N1C(=O)[C@@](C)(C2CC2C(=O)O)C[C@H](c2cccc(Cl)c2)[C@H]1c1ccc(Cl)cc1. The fourth-order valence-electron chi connectivity index (χ4n) is 8.61. The summed E-state index contributed by atoms with van der Waals surface area (Å²) in [6.45, 7) is 11.2. The van der Waals surface area contributed by atoms with Crippen LogP contribution < -0.4 is 10.4 Å². The molecule has 6 atom stereocenters. The maximum atomic E-state index is 15.3. The lowest BCUT2D eigenvalue weighted by Gasteiger charge is -2.53. The van der Waals surface area contributed by atoms with Gasteiger partial charge in [-0.15, -0.1) is 0 Å². The van der Waals surface area contributed by atoms with Crippen molar-refractivity contribution >= 4 is 53.8 Å². The lowest BCUT2D eigenvalue weighted by atomic mass is 9.65. The van der Waals surface area contributed by atoms with Gasteiger partial charge in [0.2, 0.25) is 5.91 Å². The molecule has 1 N–H and O–H groups in total. The Morgan fingerprint density at radius 3 is 2.00 bits per heavy atom. The molecular formula is C42H47Cl2NO4Si. The van der Waals surface area contributed by atoms with Crippen LogP contribution in [0.3, 0.4) is 0 Å². The molecule has 1 saturated carbocycles. The number of carbonyl (C=O) groups is 2. The first-order valence-electron chi connectivity index (χ1n) is 17.6. The molecule has 1 aliphatic carbocycles. The standard InChI is InChI=1S/C42H47Cl2NO4Si/c1-6-32(27-49-50(41(2,3)4,33-16-9-7-10-17-33)34-18-11-8-12-19-34)45-38(28-20-22-30(43)23-21-28)36(29-14-13-15-31(44)24-29)26-42(5,40(45)48)37-25-35(37)39(46)47/h7-24,32,35-38H,6,25-27H2,1-5H3,(H,46,47)/t32?,35?,36-,37?,38-,42-/m1/s1. The van der Waals surface area contributed by atoms with Crippen molar-refractivity contribution in [2.75, 3.05) is 6.61 Å². The van der Waals surface area contributed by atoms with Gasteiger partial charge >= 0.3 is 5.97 Å². The summed E-state index contributed by atoms with van der Waals surface area (Å²) < 4.78 is 7.50. The smallest absolute Gasteiger partial charge is 0.306 e. The molecule has 3 unspecified atom stereocenters. The van der Waals surface area contributed by atoms with E-state index in [1.54, 1.807) is 0 Å². The van der Waals surface area contributed by atoms with Gasteiger partial charge in [-0.3, -0.25) is 9.59 Å². The van der Waals surface area contributed by atoms with Gasteiger partial charge in [0, 0.05) is 16.0 Å². The Morgan fingerprint density at radius 1 is 0.900 bits per heavy atom. The summed E-state index contributed by atoms with van der Waals surface area (Å²) in [5, 5.41) is 13.4. The van der Waals surface area contributed by atoms with Gasteiger partial charge in [0.05, 0.1) is 30.0 Å². The molecule has 0 bridgehead atoms.